The van der Waals surface area contributed by atoms with Crippen LogP contribution in [-0.4, -0.2) is 21.3 Å². The van der Waals surface area contributed by atoms with Crippen LogP contribution in [0, 0.1) is 13.8 Å². The SMILES string of the molecule is Cc1noc(C)c1C(=O)O[C@@H](C)c1nnc(-c2ccccc2)o1. The molecule has 0 saturated heterocycles. The van der Waals surface area contributed by atoms with Gasteiger partial charge in [-0.25, -0.2) is 4.79 Å². The Morgan fingerprint density at radius 2 is 1.91 bits per heavy atom. The van der Waals surface area contributed by atoms with Crippen molar-refractivity contribution >= 4 is 5.97 Å². The fourth-order valence-corrected chi connectivity index (χ4v) is 2.14. The van der Waals surface area contributed by atoms with Crippen molar-refractivity contribution in [3.05, 3.63) is 53.2 Å². The third-order valence-corrected chi connectivity index (χ3v) is 3.33. The van der Waals surface area contributed by atoms with Gasteiger partial charge in [-0.2, -0.15) is 0 Å². The first kappa shape index (κ1) is 15.0. The zero-order valence-corrected chi connectivity index (χ0v) is 12.9. The molecule has 1 aromatic carbocycles. The Labute approximate surface area is 132 Å². The molecule has 0 N–H and O–H groups in total. The number of ether oxygens (including phenoxy) is 1. The molecule has 0 saturated carbocycles. The molecule has 0 bridgehead atoms. The van der Waals surface area contributed by atoms with E-state index in [1.54, 1.807) is 20.8 Å². The van der Waals surface area contributed by atoms with Gasteiger partial charge in [0.1, 0.15) is 11.3 Å². The molecule has 0 aliphatic carbocycles. The third kappa shape index (κ3) is 2.98. The quantitative estimate of drug-likeness (QED) is 0.683. The second-order valence-electron chi connectivity index (χ2n) is 5.06. The summed E-state index contributed by atoms with van der Waals surface area (Å²) in [5.74, 6) is 0.480. The normalized spacial score (nSPS) is 12.1. The summed E-state index contributed by atoms with van der Waals surface area (Å²) in [5.41, 5.74) is 1.60. The van der Waals surface area contributed by atoms with Gasteiger partial charge in [0.25, 0.3) is 5.89 Å². The van der Waals surface area contributed by atoms with E-state index in [1.165, 1.54) is 0 Å². The van der Waals surface area contributed by atoms with Gasteiger partial charge in [0.05, 0.1) is 5.69 Å². The molecular formula is C16H15N3O4. The van der Waals surface area contributed by atoms with Crippen LogP contribution in [-0.2, 0) is 4.74 Å². The van der Waals surface area contributed by atoms with E-state index in [0.717, 1.165) is 5.56 Å². The fourth-order valence-electron chi connectivity index (χ4n) is 2.14. The number of hydrogen-bond donors (Lipinski definition) is 0. The number of aromatic nitrogens is 3. The zero-order chi connectivity index (χ0) is 16.4. The molecule has 23 heavy (non-hydrogen) atoms. The van der Waals surface area contributed by atoms with Crippen molar-refractivity contribution in [3.63, 3.8) is 0 Å². The van der Waals surface area contributed by atoms with Crippen LogP contribution in [0.25, 0.3) is 11.5 Å². The van der Waals surface area contributed by atoms with Crippen LogP contribution in [0.4, 0.5) is 0 Å². The van der Waals surface area contributed by atoms with Gasteiger partial charge in [-0.1, -0.05) is 23.4 Å². The molecule has 0 fully saturated rings. The number of aryl methyl sites for hydroxylation is 2. The van der Waals surface area contributed by atoms with Crippen LogP contribution in [0.5, 0.6) is 0 Å². The number of benzene rings is 1. The summed E-state index contributed by atoms with van der Waals surface area (Å²) in [6, 6.07) is 9.37. The molecule has 7 heteroatoms. The topological polar surface area (TPSA) is 91.2 Å². The van der Waals surface area contributed by atoms with Crippen molar-refractivity contribution in [1.82, 2.24) is 15.4 Å². The van der Waals surface area contributed by atoms with Crippen LogP contribution in [0.2, 0.25) is 0 Å². The number of rotatable bonds is 4. The molecule has 2 heterocycles. The lowest BCUT2D eigenvalue weighted by atomic mass is 10.2. The summed E-state index contributed by atoms with van der Waals surface area (Å²) in [6.07, 6.45) is -0.679. The molecule has 1 atom stereocenters. The van der Waals surface area contributed by atoms with Crippen molar-refractivity contribution in [1.29, 1.82) is 0 Å². The van der Waals surface area contributed by atoms with Gasteiger partial charge in [0, 0.05) is 5.56 Å². The van der Waals surface area contributed by atoms with Crippen molar-refractivity contribution in [2.45, 2.75) is 26.9 Å². The summed E-state index contributed by atoms with van der Waals surface area (Å²) in [6.45, 7) is 5.00. The fraction of sp³-hybridized carbons (Fsp3) is 0.250. The minimum absolute atomic E-state index is 0.226. The van der Waals surface area contributed by atoms with Gasteiger partial charge in [0.2, 0.25) is 5.89 Å². The van der Waals surface area contributed by atoms with E-state index in [9.17, 15) is 4.79 Å². The molecule has 0 radical (unpaired) electrons. The molecular weight excluding hydrogens is 298 g/mol. The van der Waals surface area contributed by atoms with E-state index in [4.69, 9.17) is 13.7 Å². The molecule has 0 spiro atoms. The number of nitrogens with zero attached hydrogens (tertiary/aromatic N) is 3. The largest absolute Gasteiger partial charge is 0.449 e. The van der Waals surface area contributed by atoms with Gasteiger partial charge >= 0.3 is 5.97 Å². The molecule has 3 rings (SSSR count). The van der Waals surface area contributed by atoms with Crippen LogP contribution in [0.1, 0.15) is 40.7 Å². The zero-order valence-electron chi connectivity index (χ0n) is 12.9. The van der Waals surface area contributed by atoms with Crippen molar-refractivity contribution < 1.29 is 18.5 Å². The van der Waals surface area contributed by atoms with Crippen molar-refractivity contribution in [2.75, 3.05) is 0 Å². The first-order valence-corrected chi connectivity index (χ1v) is 7.09. The number of hydrogen-bond acceptors (Lipinski definition) is 7. The number of esters is 1. The van der Waals surface area contributed by atoms with E-state index in [0.29, 0.717) is 22.9 Å². The summed E-state index contributed by atoms with van der Waals surface area (Å²) < 4.78 is 15.9. The maximum absolute atomic E-state index is 12.2. The highest BCUT2D eigenvalue weighted by atomic mass is 16.6. The lowest BCUT2D eigenvalue weighted by Crippen LogP contribution is -2.11. The molecule has 7 nitrogen and oxygen atoms in total. The summed E-state index contributed by atoms with van der Waals surface area (Å²) in [7, 11) is 0. The Bertz CT molecular complexity index is 803. The van der Waals surface area contributed by atoms with E-state index in [2.05, 4.69) is 15.4 Å². The minimum atomic E-state index is -0.679. The van der Waals surface area contributed by atoms with Crippen molar-refractivity contribution in [2.24, 2.45) is 0 Å². The highest BCUT2D eigenvalue weighted by molar-refractivity contribution is 5.91. The Morgan fingerprint density at radius 1 is 1.17 bits per heavy atom. The van der Waals surface area contributed by atoms with Gasteiger partial charge in [-0.05, 0) is 32.9 Å². The predicted octanol–water partition coefficient (Wildman–Crippen LogP) is 3.26. The smallest absolute Gasteiger partial charge is 0.344 e. The average molecular weight is 313 g/mol. The van der Waals surface area contributed by atoms with E-state index >= 15 is 0 Å². The second kappa shape index (κ2) is 6.04. The van der Waals surface area contributed by atoms with Crippen LogP contribution in [0.15, 0.2) is 39.3 Å². The Balaban J connectivity index is 1.75. The van der Waals surface area contributed by atoms with Crippen LogP contribution < -0.4 is 0 Å². The van der Waals surface area contributed by atoms with Gasteiger partial charge in [-0.3, -0.25) is 0 Å². The number of carbonyl (C=O) groups excluding carboxylic acids is 1. The summed E-state index contributed by atoms with van der Waals surface area (Å²) >= 11 is 0. The molecule has 0 amide bonds. The summed E-state index contributed by atoms with van der Waals surface area (Å²) in [4.78, 5) is 12.2. The standard InChI is InChI=1S/C16H15N3O4/c1-9-13(10(2)23-19-9)16(20)21-11(3)14-17-18-15(22-14)12-7-5-4-6-8-12/h4-8,11H,1-3H3/t11-/m0/s1. The van der Waals surface area contributed by atoms with Gasteiger partial charge in [-0.15, -0.1) is 10.2 Å². The monoisotopic (exact) mass is 313 g/mol. The van der Waals surface area contributed by atoms with Gasteiger partial charge in [0.15, 0.2) is 6.10 Å². The first-order valence-electron chi connectivity index (χ1n) is 7.09. The maximum atomic E-state index is 12.2. The predicted molar refractivity (Wildman–Crippen MR) is 79.5 cm³/mol. The Kier molecular flexibility index (Phi) is 3.92. The molecule has 118 valence electrons. The summed E-state index contributed by atoms with van der Waals surface area (Å²) in [5, 5.41) is 11.6. The second-order valence-corrected chi connectivity index (χ2v) is 5.06. The highest BCUT2D eigenvalue weighted by Gasteiger charge is 2.24. The highest BCUT2D eigenvalue weighted by Crippen LogP contribution is 2.24. The molecule has 0 aliphatic heterocycles. The van der Waals surface area contributed by atoms with E-state index < -0.39 is 12.1 Å². The lowest BCUT2D eigenvalue weighted by Gasteiger charge is -2.08. The first-order chi connectivity index (χ1) is 11.1. The lowest BCUT2D eigenvalue weighted by molar-refractivity contribution is 0.0277. The molecule has 3 aromatic rings. The molecule has 2 aromatic heterocycles. The molecule has 0 unspecified atom stereocenters. The Hall–Kier alpha value is -2.96. The van der Waals surface area contributed by atoms with Gasteiger partial charge < -0.3 is 13.7 Å². The average Bonchev–Trinajstić information content (AvgIpc) is 3.15. The Morgan fingerprint density at radius 3 is 2.57 bits per heavy atom. The van der Waals surface area contributed by atoms with E-state index in [1.807, 2.05) is 30.3 Å². The van der Waals surface area contributed by atoms with Crippen LogP contribution in [0.3, 0.4) is 0 Å². The maximum Gasteiger partial charge on any atom is 0.344 e. The van der Waals surface area contributed by atoms with Crippen LogP contribution >= 0.6 is 0 Å². The minimum Gasteiger partial charge on any atom is -0.449 e. The van der Waals surface area contributed by atoms with Crippen molar-refractivity contribution in [3.8, 4) is 11.5 Å². The van der Waals surface area contributed by atoms with E-state index in [-0.39, 0.29) is 5.89 Å². The third-order valence-electron chi connectivity index (χ3n) is 3.33. The molecule has 0 aliphatic rings. The number of carbonyl (C=O) groups is 1.